The summed E-state index contributed by atoms with van der Waals surface area (Å²) in [4.78, 5) is 0. The van der Waals surface area contributed by atoms with E-state index in [2.05, 4.69) is 15.9 Å². The maximum absolute atomic E-state index is 5.69. The molecule has 0 saturated carbocycles. The highest BCUT2D eigenvalue weighted by molar-refractivity contribution is 9.11. The fourth-order valence-electron chi connectivity index (χ4n) is 0.314. The van der Waals surface area contributed by atoms with Crippen molar-refractivity contribution in [3.05, 3.63) is 21.3 Å². The van der Waals surface area contributed by atoms with Gasteiger partial charge in [-0.15, -0.1) is 0 Å². The lowest BCUT2D eigenvalue weighted by Gasteiger charge is -1.62. The molecule has 0 bridgehead atoms. The van der Waals surface area contributed by atoms with Gasteiger partial charge in [0, 0.05) is 22.0 Å². The van der Waals surface area contributed by atoms with Crippen molar-refractivity contribution in [1.82, 2.24) is 0 Å². The summed E-state index contributed by atoms with van der Waals surface area (Å²) in [6, 6.07) is 3.90. The predicted molar refractivity (Wildman–Crippen MR) is 37.9 cm³/mol. The Morgan fingerprint density at radius 2 is 2.43 bits per heavy atom. The highest BCUT2D eigenvalue weighted by atomic mass is 79.9. The average Bonchev–Trinajstić information content (AvgIpc) is 1.91. The van der Waals surface area contributed by atoms with E-state index in [1.165, 1.54) is 0 Å². The average molecular weight is 198 g/mol. The smallest absolute Gasteiger partial charge is 0.00212 e. The van der Waals surface area contributed by atoms with Crippen LogP contribution < -0.4 is 0 Å². The molecular formula is C4H3BrClS+. The molecule has 1 aromatic rings. The fourth-order valence-corrected chi connectivity index (χ4v) is 1.68. The van der Waals surface area contributed by atoms with Crippen molar-refractivity contribution in [2.45, 2.75) is 0 Å². The van der Waals surface area contributed by atoms with Crippen molar-refractivity contribution in [2.24, 2.45) is 0 Å². The molecule has 1 unspecified atom stereocenters. The lowest BCUT2D eigenvalue weighted by Crippen LogP contribution is -1.35. The third kappa shape index (κ3) is 1.18. The first-order valence-electron chi connectivity index (χ1n) is 1.74. The molecule has 0 aliphatic heterocycles. The SMILES string of the molecule is Cl[s+]1cccc1Br. The molecule has 1 atom stereocenters. The molecule has 0 nitrogen and oxygen atoms in total. The number of hydrogen-bond acceptors (Lipinski definition) is 0. The number of thiophene rings is 1. The van der Waals surface area contributed by atoms with Crippen molar-refractivity contribution < 1.29 is 0 Å². The highest BCUT2D eigenvalue weighted by Gasteiger charge is 2.03. The van der Waals surface area contributed by atoms with Crippen LogP contribution in [0, 0.1) is 0 Å². The molecule has 0 aromatic carbocycles. The van der Waals surface area contributed by atoms with Crippen LogP contribution in [0.3, 0.4) is 0 Å². The zero-order valence-corrected chi connectivity index (χ0v) is 6.55. The summed E-state index contributed by atoms with van der Waals surface area (Å²) < 4.78 is 1.08. The van der Waals surface area contributed by atoms with Crippen LogP contribution in [0.4, 0.5) is 0 Å². The van der Waals surface area contributed by atoms with Gasteiger partial charge in [-0.3, -0.25) is 0 Å². The summed E-state index contributed by atoms with van der Waals surface area (Å²) >= 11 is 3.28. The molecule has 1 rings (SSSR count). The third-order valence-electron chi connectivity index (χ3n) is 0.612. The number of halogens is 2. The Hall–Kier alpha value is 0.470. The molecule has 0 saturated heterocycles. The van der Waals surface area contributed by atoms with Crippen LogP contribution in [0.5, 0.6) is 0 Å². The summed E-state index contributed by atoms with van der Waals surface area (Å²) in [5.41, 5.74) is 0. The van der Waals surface area contributed by atoms with E-state index in [4.69, 9.17) is 10.7 Å². The molecular weight excluding hydrogens is 195 g/mol. The monoisotopic (exact) mass is 197 g/mol. The van der Waals surface area contributed by atoms with E-state index >= 15 is 0 Å². The van der Waals surface area contributed by atoms with Gasteiger partial charge in [0.2, 0.25) is 14.5 Å². The fraction of sp³-hybridized carbons (Fsp3) is 0. The molecule has 3 heteroatoms. The van der Waals surface area contributed by atoms with Gasteiger partial charge in [0.1, 0.15) is 9.68 Å². The second-order valence-corrected chi connectivity index (χ2v) is 4.74. The van der Waals surface area contributed by atoms with E-state index in [0.29, 0.717) is 0 Å². The van der Waals surface area contributed by atoms with E-state index in [9.17, 15) is 0 Å². The zero-order valence-electron chi connectivity index (χ0n) is 3.40. The molecule has 0 spiro atoms. The van der Waals surface area contributed by atoms with Crippen LogP contribution >= 0.6 is 36.3 Å². The van der Waals surface area contributed by atoms with Crippen LogP contribution in [-0.2, 0) is 0 Å². The normalized spacial score (nSPS) is 12.0. The minimum Gasteiger partial charge on any atom is -0.00212 e. The first kappa shape index (κ1) is 5.60. The van der Waals surface area contributed by atoms with Crippen LogP contribution in [0.2, 0.25) is 0 Å². The van der Waals surface area contributed by atoms with Gasteiger partial charge in [0.15, 0.2) is 5.38 Å². The van der Waals surface area contributed by atoms with Crippen molar-refractivity contribution in [1.29, 1.82) is 0 Å². The topological polar surface area (TPSA) is 0 Å². The first-order chi connectivity index (χ1) is 3.30. The minimum absolute atomic E-state index is 0.148. The minimum atomic E-state index is -0.148. The van der Waals surface area contributed by atoms with Crippen LogP contribution in [0.1, 0.15) is 0 Å². The van der Waals surface area contributed by atoms with Crippen molar-refractivity contribution in [2.75, 3.05) is 0 Å². The van der Waals surface area contributed by atoms with Crippen LogP contribution in [0.25, 0.3) is 0 Å². The molecule has 0 amide bonds. The van der Waals surface area contributed by atoms with Gasteiger partial charge in [-0.25, -0.2) is 0 Å². The summed E-state index contributed by atoms with van der Waals surface area (Å²) in [7, 11) is 5.54. The lowest BCUT2D eigenvalue weighted by molar-refractivity contribution is 1.97. The molecule has 38 valence electrons. The molecule has 1 aromatic heterocycles. The van der Waals surface area contributed by atoms with Gasteiger partial charge in [0.05, 0.1) is 0 Å². The van der Waals surface area contributed by atoms with E-state index in [1.807, 2.05) is 17.5 Å². The Morgan fingerprint density at radius 1 is 1.71 bits per heavy atom. The quantitative estimate of drug-likeness (QED) is 0.562. The zero-order chi connectivity index (χ0) is 5.28. The second kappa shape index (κ2) is 2.16. The third-order valence-corrected chi connectivity index (χ3v) is 4.19. The van der Waals surface area contributed by atoms with Crippen LogP contribution in [-0.4, -0.2) is 0 Å². The van der Waals surface area contributed by atoms with Crippen molar-refractivity contribution in [3.8, 4) is 0 Å². The number of rotatable bonds is 0. The second-order valence-electron chi connectivity index (χ2n) is 1.08. The van der Waals surface area contributed by atoms with Crippen LogP contribution in [0.15, 0.2) is 21.3 Å². The largest absolute Gasteiger partial charge is 0.235 e. The molecule has 0 fully saturated rings. The van der Waals surface area contributed by atoms with E-state index in [1.54, 1.807) is 0 Å². The van der Waals surface area contributed by atoms with E-state index in [-0.39, 0.29) is 9.68 Å². The molecule has 0 N–H and O–H groups in total. The lowest BCUT2D eigenvalue weighted by atomic mass is 10.7. The number of hydrogen-bond donors (Lipinski definition) is 0. The first-order valence-corrected chi connectivity index (χ1v) is 4.65. The van der Waals surface area contributed by atoms with Gasteiger partial charge in [-0.2, -0.15) is 0 Å². The van der Waals surface area contributed by atoms with Gasteiger partial charge in [0.25, 0.3) is 0 Å². The Kier molecular flexibility index (Phi) is 1.73. The molecule has 0 aliphatic rings. The maximum Gasteiger partial charge on any atom is 0.235 e. The van der Waals surface area contributed by atoms with E-state index < -0.39 is 0 Å². The Bertz CT molecular complexity index is 144. The van der Waals surface area contributed by atoms with E-state index in [0.717, 1.165) is 3.79 Å². The van der Waals surface area contributed by atoms with Gasteiger partial charge in [-0.05, 0) is 6.07 Å². The molecule has 1 heterocycles. The molecule has 0 radical (unpaired) electrons. The van der Waals surface area contributed by atoms with Gasteiger partial charge in [-0.1, -0.05) is 0 Å². The standard InChI is InChI=1S/C4H3BrClS/c5-4-2-1-3-7(4)6/h1-3H/q+1. The summed E-state index contributed by atoms with van der Waals surface area (Å²) in [5.74, 6) is 0. The van der Waals surface area contributed by atoms with Crippen molar-refractivity contribution in [3.63, 3.8) is 0 Å². The summed E-state index contributed by atoms with van der Waals surface area (Å²) in [5, 5.41) is 1.95. The Labute approximate surface area is 57.7 Å². The summed E-state index contributed by atoms with van der Waals surface area (Å²) in [6.45, 7) is 0. The summed E-state index contributed by atoms with van der Waals surface area (Å²) in [6.07, 6.45) is 0. The Morgan fingerprint density at radius 3 is 2.57 bits per heavy atom. The van der Waals surface area contributed by atoms with Gasteiger partial charge < -0.3 is 0 Å². The molecule has 7 heavy (non-hydrogen) atoms. The predicted octanol–water partition coefficient (Wildman–Crippen LogP) is 3.20. The Balaban J connectivity index is 3.12. The maximum atomic E-state index is 5.69. The molecule has 0 aliphatic carbocycles. The van der Waals surface area contributed by atoms with Crippen molar-refractivity contribution >= 4 is 36.3 Å². The van der Waals surface area contributed by atoms with Gasteiger partial charge >= 0.3 is 0 Å². The highest BCUT2D eigenvalue weighted by Crippen LogP contribution is 2.32.